The molecule has 0 saturated carbocycles. The quantitative estimate of drug-likeness (QED) is 0.706. The van der Waals surface area contributed by atoms with Crippen LogP contribution < -0.4 is 5.32 Å². The van der Waals surface area contributed by atoms with Crippen LogP contribution >= 0.6 is 11.3 Å². The summed E-state index contributed by atoms with van der Waals surface area (Å²) in [6, 6.07) is 13.1. The zero-order valence-corrected chi connectivity index (χ0v) is 14.5. The molecule has 1 unspecified atom stereocenters. The first-order valence-corrected chi connectivity index (χ1v) is 8.52. The molecule has 0 fully saturated rings. The monoisotopic (exact) mass is 380 g/mol. The second kappa shape index (κ2) is 6.69. The van der Waals surface area contributed by atoms with Gasteiger partial charge in [-0.25, -0.2) is 4.98 Å². The molecule has 2 N–H and O–H groups in total. The maximum Gasteiger partial charge on any atom is 0.424 e. The Morgan fingerprint density at radius 2 is 1.92 bits per heavy atom. The fourth-order valence-corrected chi connectivity index (χ4v) is 3.58. The number of rotatable bonds is 4. The normalized spacial score (nSPS) is 14.2. The zero-order chi connectivity index (χ0) is 18.9. The molecule has 0 aliphatic carbocycles. The van der Waals surface area contributed by atoms with Crippen LogP contribution in [0.2, 0.25) is 0 Å². The maximum atomic E-state index is 13.6. The van der Waals surface area contributed by atoms with Gasteiger partial charge in [0.2, 0.25) is 11.5 Å². The number of carbonyl (C=O) groups is 1. The van der Waals surface area contributed by atoms with E-state index in [0.717, 1.165) is 16.9 Å². The van der Waals surface area contributed by atoms with Gasteiger partial charge in [0, 0.05) is 5.69 Å². The summed E-state index contributed by atoms with van der Waals surface area (Å²) in [5, 5.41) is 12.2. The largest absolute Gasteiger partial charge is 0.424 e. The molecule has 26 heavy (non-hydrogen) atoms. The van der Waals surface area contributed by atoms with Crippen LogP contribution in [0.4, 0.5) is 18.9 Å². The molecule has 2 aromatic carbocycles. The Labute approximate surface area is 151 Å². The van der Waals surface area contributed by atoms with Gasteiger partial charge in [-0.05, 0) is 36.8 Å². The van der Waals surface area contributed by atoms with Gasteiger partial charge in [-0.3, -0.25) is 4.79 Å². The van der Waals surface area contributed by atoms with Gasteiger partial charge in [0.25, 0.3) is 0 Å². The van der Waals surface area contributed by atoms with Crippen LogP contribution in [-0.2, 0) is 10.4 Å². The lowest BCUT2D eigenvalue weighted by atomic mass is 9.99. The number of nitrogens with one attached hydrogen (secondary N) is 1. The minimum atomic E-state index is -5.05. The highest BCUT2D eigenvalue weighted by molar-refractivity contribution is 7.18. The Balaban J connectivity index is 1.91. The van der Waals surface area contributed by atoms with Crippen LogP contribution in [0.15, 0.2) is 48.5 Å². The minimum absolute atomic E-state index is 0.342. The smallest absolute Gasteiger partial charge is 0.374 e. The Morgan fingerprint density at radius 3 is 2.58 bits per heavy atom. The van der Waals surface area contributed by atoms with E-state index in [1.165, 1.54) is 0 Å². The van der Waals surface area contributed by atoms with Crippen LogP contribution in [0.25, 0.3) is 10.2 Å². The lowest BCUT2D eigenvalue weighted by Crippen LogP contribution is -2.45. The first-order chi connectivity index (χ1) is 12.2. The molecule has 0 radical (unpaired) electrons. The molecular weight excluding hydrogens is 365 g/mol. The van der Waals surface area contributed by atoms with Crippen LogP contribution in [0.1, 0.15) is 17.0 Å². The summed E-state index contributed by atoms with van der Waals surface area (Å²) in [5.41, 5.74) is -1.80. The highest BCUT2D eigenvalue weighted by atomic mass is 32.1. The van der Waals surface area contributed by atoms with Gasteiger partial charge in [0.05, 0.1) is 16.6 Å². The van der Waals surface area contributed by atoms with Crippen molar-refractivity contribution in [2.45, 2.75) is 25.1 Å². The molecule has 0 saturated heterocycles. The summed E-state index contributed by atoms with van der Waals surface area (Å²) >= 11 is 0.721. The SMILES string of the molecule is Cc1cccc(NC(=O)CC(O)(c2nc3ccccc3s2)C(F)(F)F)c1. The molecule has 3 aromatic rings. The summed E-state index contributed by atoms with van der Waals surface area (Å²) in [7, 11) is 0. The number of aromatic nitrogens is 1. The number of thiazole rings is 1. The summed E-state index contributed by atoms with van der Waals surface area (Å²) in [5.74, 6) is -0.949. The van der Waals surface area contributed by atoms with Crippen molar-refractivity contribution >= 4 is 33.1 Å². The van der Waals surface area contributed by atoms with E-state index in [9.17, 15) is 23.1 Å². The number of carbonyl (C=O) groups excluding carboxylic acids is 1. The number of nitrogens with zero attached hydrogens (tertiary/aromatic N) is 1. The molecule has 1 atom stereocenters. The number of halogens is 3. The van der Waals surface area contributed by atoms with Gasteiger partial charge in [-0.15, -0.1) is 11.3 Å². The first kappa shape index (κ1) is 18.3. The summed E-state index contributed by atoms with van der Waals surface area (Å²) in [4.78, 5) is 16.1. The highest BCUT2D eigenvalue weighted by Crippen LogP contribution is 2.44. The van der Waals surface area contributed by atoms with Gasteiger partial charge in [-0.2, -0.15) is 13.2 Å². The van der Waals surface area contributed by atoms with Crippen molar-refractivity contribution in [1.82, 2.24) is 4.98 Å². The Bertz CT molecular complexity index is 922. The Morgan fingerprint density at radius 1 is 1.19 bits per heavy atom. The summed E-state index contributed by atoms with van der Waals surface area (Å²) in [6.45, 7) is 1.79. The molecule has 0 bridgehead atoms. The van der Waals surface area contributed by atoms with Crippen molar-refractivity contribution in [1.29, 1.82) is 0 Å². The van der Waals surface area contributed by atoms with E-state index in [0.29, 0.717) is 15.9 Å². The minimum Gasteiger partial charge on any atom is -0.374 e. The number of alkyl halides is 3. The predicted molar refractivity (Wildman–Crippen MR) is 94.0 cm³/mol. The van der Waals surface area contributed by atoms with Gasteiger partial charge in [0.15, 0.2) is 0 Å². The van der Waals surface area contributed by atoms with Crippen molar-refractivity contribution in [3.05, 3.63) is 59.1 Å². The number of anilines is 1. The van der Waals surface area contributed by atoms with Crippen LogP contribution in [0.3, 0.4) is 0 Å². The molecular formula is C18H15F3N2O2S. The lowest BCUT2D eigenvalue weighted by Gasteiger charge is -2.27. The van der Waals surface area contributed by atoms with Crippen LogP contribution in [0.5, 0.6) is 0 Å². The number of amides is 1. The number of benzene rings is 2. The number of fused-ring (bicyclic) bond motifs is 1. The lowest BCUT2D eigenvalue weighted by molar-refractivity contribution is -0.266. The van der Waals surface area contributed by atoms with E-state index in [-0.39, 0.29) is 0 Å². The van der Waals surface area contributed by atoms with Gasteiger partial charge >= 0.3 is 6.18 Å². The third kappa shape index (κ3) is 3.56. The number of hydrogen-bond acceptors (Lipinski definition) is 4. The number of para-hydroxylation sites is 1. The molecule has 1 amide bonds. The Kier molecular flexibility index (Phi) is 4.72. The molecule has 3 rings (SSSR count). The average molecular weight is 380 g/mol. The molecule has 1 heterocycles. The Hall–Kier alpha value is -2.45. The molecule has 4 nitrogen and oxygen atoms in total. The maximum absolute atomic E-state index is 13.6. The molecule has 0 spiro atoms. The van der Waals surface area contributed by atoms with Crippen LogP contribution in [0, 0.1) is 6.92 Å². The number of hydrogen-bond donors (Lipinski definition) is 2. The van der Waals surface area contributed by atoms with E-state index in [4.69, 9.17) is 0 Å². The number of aliphatic hydroxyl groups is 1. The first-order valence-electron chi connectivity index (χ1n) is 7.71. The molecule has 136 valence electrons. The topological polar surface area (TPSA) is 62.2 Å². The molecule has 0 aliphatic heterocycles. The molecule has 1 aromatic heterocycles. The summed E-state index contributed by atoms with van der Waals surface area (Å²) < 4.78 is 41.4. The van der Waals surface area contributed by atoms with Crippen molar-refractivity contribution in [3.63, 3.8) is 0 Å². The van der Waals surface area contributed by atoms with Crippen molar-refractivity contribution in [2.75, 3.05) is 5.32 Å². The summed E-state index contributed by atoms with van der Waals surface area (Å²) in [6.07, 6.45) is -6.23. The average Bonchev–Trinajstić information content (AvgIpc) is 2.98. The predicted octanol–water partition coefficient (Wildman–Crippen LogP) is 4.38. The van der Waals surface area contributed by atoms with E-state index in [2.05, 4.69) is 10.3 Å². The third-order valence-corrected chi connectivity index (χ3v) is 5.02. The van der Waals surface area contributed by atoms with E-state index < -0.39 is 29.1 Å². The van der Waals surface area contributed by atoms with Gasteiger partial charge in [0.1, 0.15) is 5.01 Å². The van der Waals surface area contributed by atoms with E-state index >= 15 is 0 Å². The van der Waals surface area contributed by atoms with Crippen molar-refractivity contribution in [3.8, 4) is 0 Å². The fraction of sp³-hybridized carbons (Fsp3) is 0.222. The van der Waals surface area contributed by atoms with Crippen molar-refractivity contribution < 1.29 is 23.1 Å². The van der Waals surface area contributed by atoms with Crippen LogP contribution in [-0.4, -0.2) is 22.2 Å². The second-order valence-corrected chi connectivity index (χ2v) is 6.97. The van der Waals surface area contributed by atoms with Crippen molar-refractivity contribution in [2.24, 2.45) is 0 Å². The second-order valence-electron chi connectivity index (χ2n) is 5.94. The number of aryl methyl sites for hydroxylation is 1. The van der Waals surface area contributed by atoms with E-state index in [1.807, 2.05) is 0 Å². The fourth-order valence-electron chi connectivity index (χ4n) is 2.51. The highest BCUT2D eigenvalue weighted by Gasteiger charge is 2.58. The molecule has 8 heteroatoms. The van der Waals surface area contributed by atoms with E-state index in [1.54, 1.807) is 55.5 Å². The third-order valence-electron chi connectivity index (χ3n) is 3.83. The standard InChI is InChI=1S/C18H15F3N2O2S/c1-11-5-4-6-12(9-11)22-15(24)10-17(25,18(19,20)21)16-23-13-7-2-3-8-14(13)26-16/h2-9,25H,10H2,1H3,(H,22,24). The zero-order valence-electron chi connectivity index (χ0n) is 13.7. The van der Waals surface area contributed by atoms with Gasteiger partial charge in [-0.1, -0.05) is 24.3 Å². The van der Waals surface area contributed by atoms with Gasteiger partial charge < -0.3 is 10.4 Å². The molecule has 0 aliphatic rings.